The highest BCUT2D eigenvalue weighted by atomic mass is 19.1. The molecule has 5 rings (SSSR count). The minimum absolute atomic E-state index is 0.106. The maximum Gasteiger partial charge on any atom is 0.123 e. The standard InChI is InChI=1S/C27H28FN3O/c28-25-12-8-22(9-13-25)18-21-6-10-23(11-7-21)27-20-30(16-17-32-27)14-3-15-31-26-5-2-1-4-24(26)19-29-31/h1-2,4-13,19,27H,3,14-18,20H2. The number of morpholine rings is 1. The molecule has 1 fully saturated rings. The molecule has 1 aliphatic rings. The Morgan fingerprint density at radius 1 is 0.906 bits per heavy atom. The molecular weight excluding hydrogens is 401 g/mol. The second-order valence-electron chi connectivity index (χ2n) is 8.48. The van der Waals surface area contributed by atoms with Crippen molar-refractivity contribution in [3.8, 4) is 0 Å². The molecule has 1 aromatic heterocycles. The summed E-state index contributed by atoms with van der Waals surface area (Å²) in [5, 5.41) is 5.73. The van der Waals surface area contributed by atoms with Gasteiger partial charge in [-0.05, 0) is 47.7 Å². The Labute approximate surface area is 188 Å². The average molecular weight is 430 g/mol. The van der Waals surface area contributed by atoms with Crippen molar-refractivity contribution in [2.75, 3.05) is 26.2 Å². The second-order valence-corrected chi connectivity index (χ2v) is 8.48. The first-order valence-corrected chi connectivity index (χ1v) is 11.3. The zero-order chi connectivity index (χ0) is 21.8. The number of rotatable bonds is 7. The summed E-state index contributed by atoms with van der Waals surface area (Å²) < 4.78 is 21.3. The van der Waals surface area contributed by atoms with Gasteiger partial charge in [0, 0.05) is 31.6 Å². The van der Waals surface area contributed by atoms with Crippen molar-refractivity contribution in [3.63, 3.8) is 0 Å². The Kier molecular flexibility index (Phi) is 6.28. The van der Waals surface area contributed by atoms with Gasteiger partial charge < -0.3 is 4.74 Å². The first kappa shape index (κ1) is 20.9. The van der Waals surface area contributed by atoms with Gasteiger partial charge in [0.2, 0.25) is 0 Å². The first-order valence-electron chi connectivity index (χ1n) is 11.3. The van der Waals surface area contributed by atoms with Crippen LogP contribution in [-0.4, -0.2) is 40.9 Å². The van der Waals surface area contributed by atoms with Crippen LogP contribution >= 0.6 is 0 Å². The molecule has 0 saturated carbocycles. The van der Waals surface area contributed by atoms with Crippen LogP contribution in [0.15, 0.2) is 79.0 Å². The van der Waals surface area contributed by atoms with E-state index in [-0.39, 0.29) is 11.9 Å². The highest BCUT2D eigenvalue weighted by Gasteiger charge is 2.21. The molecule has 32 heavy (non-hydrogen) atoms. The van der Waals surface area contributed by atoms with Crippen LogP contribution in [0.2, 0.25) is 0 Å². The molecule has 3 aromatic carbocycles. The number of aryl methyl sites for hydroxylation is 1. The number of halogens is 1. The highest BCUT2D eigenvalue weighted by Crippen LogP contribution is 2.24. The van der Waals surface area contributed by atoms with E-state index in [2.05, 4.69) is 63.2 Å². The van der Waals surface area contributed by atoms with Gasteiger partial charge in [0.1, 0.15) is 5.82 Å². The van der Waals surface area contributed by atoms with Crippen molar-refractivity contribution in [3.05, 3.63) is 102 Å². The summed E-state index contributed by atoms with van der Waals surface area (Å²) in [5.74, 6) is -0.193. The molecule has 1 unspecified atom stereocenters. The van der Waals surface area contributed by atoms with E-state index < -0.39 is 0 Å². The lowest BCUT2D eigenvalue weighted by Gasteiger charge is -2.33. The van der Waals surface area contributed by atoms with Crippen LogP contribution in [-0.2, 0) is 17.7 Å². The van der Waals surface area contributed by atoms with Gasteiger partial charge in [-0.3, -0.25) is 9.58 Å². The van der Waals surface area contributed by atoms with Crippen LogP contribution in [0.5, 0.6) is 0 Å². The molecule has 0 aliphatic carbocycles. The fourth-order valence-corrected chi connectivity index (χ4v) is 4.44. The second kappa shape index (κ2) is 9.63. The average Bonchev–Trinajstić information content (AvgIpc) is 3.24. The quantitative estimate of drug-likeness (QED) is 0.403. The van der Waals surface area contributed by atoms with Crippen LogP contribution < -0.4 is 0 Å². The lowest BCUT2D eigenvalue weighted by atomic mass is 10.0. The molecule has 0 bridgehead atoms. The van der Waals surface area contributed by atoms with Crippen molar-refractivity contribution in [1.29, 1.82) is 0 Å². The van der Waals surface area contributed by atoms with Crippen molar-refractivity contribution >= 4 is 10.9 Å². The topological polar surface area (TPSA) is 30.3 Å². The molecule has 4 nitrogen and oxygen atoms in total. The summed E-state index contributed by atoms with van der Waals surface area (Å²) >= 11 is 0. The molecule has 0 N–H and O–H groups in total. The Balaban J connectivity index is 1.14. The monoisotopic (exact) mass is 429 g/mol. The van der Waals surface area contributed by atoms with E-state index in [1.807, 2.05) is 18.3 Å². The number of ether oxygens (including phenoxy) is 1. The Morgan fingerprint density at radius 2 is 1.66 bits per heavy atom. The van der Waals surface area contributed by atoms with Gasteiger partial charge in [-0.25, -0.2) is 4.39 Å². The van der Waals surface area contributed by atoms with Gasteiger partial charge in [0.15, 0.2) is 0 Å². The van der Waals surface area contributed by atoms with Gasteiger partial charge in [-0.15, -0.1) is 0 Å². The minimum atomic E-state index is -0.193. The van der Waals surface area contributed by atoms with E-state index in [1.165, 1.54) is 34.2 Å². The molecule has 5 heteroatoms. The first-order chi connectivity index (χ1) is 15.7. The van der Waals surface area contributed by atoms with Gasteiger partial charge in [0.05, 0.1) is 24.4 Å². The minimum Gasteiger partial charge on any atom is -0.371 e. The zero-order valence-electron chi connectivity index (χ0n) is 18.2. The van der Waals surface area contributed by atoms with Crippen LogP contribution in [0, 0.1) is 5.82 Å². The van der Waals surface area contributed by atoms with Crippen LogP contribution in [0.1, 0.15) is 29.2 Å². The summed E-state index contributed by atoms with van der Waals surface area (Å²) in [6.45, 7) is 4.60. The summed E-state index contributed by atoms with van der Waals surface area (Å²) in [5.41, 5.74) is 4.76. The Bertz CT molecular complexity index is 1150. The van der Waals surface area contributed by atoms with E-state index in [1.54, 1.807) is 0 Å². The van der Waals surface area contributed by atoms with E-state index in [0.717, 1.165) is 51.2 Å². The number of hydrogen-bond acceptors (Lipinski definition) is 3. The molecule has 164 valence electrons. The SMILES string of the molecule is Fc1ccc(Cc2ccc(C3CN(CCCn4ncc5ccccc54)CCO3)cc2)cc1. The third-order valence-corrected chi connectivity index (χ3v) is 6.22. The van der Waals surface area contributed by atoms with Gasteiger partial charge in [-0.2, -0.15) is 5.10 Å². The van der Waals surface area contributed by atoms with Crippen LogP contribution in [0.25, 0.3) is 10.9 Å². The highest BCUT2D eigenvalue weighted by molar-refractivity contribution is 5.78. The number of aromatic nitrogens is 2. The normalized spacial score (nSPS) is 17.1. The van der Waals surface area contributed by atoms with Crippen molar-refractivity contribution in [2.45, 2.75) is 25.5 Å². The Hall–Kier alpha value is -3.02. The lowest BCUT2D eigenvalue weighted by molar-refractivity contribution is -0.0305. The summed E-state index contributed by atoms with van der Waals surface area (Å²) in [6.07, 6.45) is 3.92. The molecule has 4 aromatic rings. The fraction of sp³-hybridized carbons (Fsp3) is 0.296. The molecule has 0 spiro atoms. The third kappa shape index (κ3) is 4.90. The number of nitrogens with zero attached hydrogens (tertiary/aromatic N) is 3. The van der Waals surface area contributed by atoms with Crippen LogP contribution in [0.4, 0.5) is 4.39 Å². The maximum absolute atomic E-state index is 13.1. The van der Waals surface area contributed by atoms with Crippen molar-refractivity contribution in [2.24, 2.45) is 0 Å². The zero-order valence-corrected chi connectivity index (χ0v) is 18.2. The molecular formula is C27H28FN3O. The maximum atomic E-state index is 13.1. The largest absolute Gasteiger partial charge is 0.371 e. The third-order valence-electron chi connectivity index (χ3n) is 6.22. The van der Waals surface area contributed by atoms with E-state index >= 15 is 0 Å². The van der Waals surface area contributed by atoms with E-state index in [9.17, 15) is 4.39 Å². The van der Waals surface area contributed by atoms with Crippen LogP contribution in [0.3, 0.4) is 0 Å². The van der Waals surface area contributed by atoms with Crippen molar-refractivity contribution in [1.82, 2.24) is 14.7 Å². The molecule has 1 aliphatic heterocycles. The molecule has 1 saturated heterocycles. The number of benzene rings is 3. The van der Waals surface area contributed by atoms with Crippen molar-refractivity contribution < 1.29 is 9.13 Å². The summed E-state index contributed by atoms with van der Waals surface area (Å²) in [4.78, 5) is 2.49. The molecule has 2 heterocycles. The van der Waals surface area contributed by atoms with E-state index in [4.69, 9.17) is 4.74 Å². The molecule has 1 atom stereocenters. The summed E-state index contributed by atoms with van der Waals surface area (Å²) in [7, 11) is 0. The molecule has 0 radical (unpaired) electrons. The number of hydrogen-bond donors (Lipinski definition) is 0. The smallest absolute Gasteiger partial charge is 0.123 e. The number of para-hydroxylation sites is 1. The van der Waals surface area contributed by atoms with Gasteiger partial charge >= 0.3 is 0 Å². The fourth-order valence-electron chi connectivity index (χ4n) is 4.44. The van der Waals surface area contributed by atoms with Gasteiger partial charge in [-0.1, -0.05) is 54.6 Å². The Morgan fingerprint density at radius 3 is 2.47 bits per heavy atom. The number of fused-ring (bicyclic) bond motifs is 1. The lowest BCUT2D eigenvalue weighted by Crippen LogP contribution is -2.39. The predicted molar refractivity (Wildman–Crippen MR) is 125 cm³/mol. The van der Waals surface area contributed by atoms with E-state index in [0.29, 0.717) is 0 Å². The molecule has 0 amide bonds. The predicted octanol–water partition coefficient (Wildman–Crippen LogP) is 5.23. The summed E-state index contributed by atoms with van der Waals surface area (Å²) in [6, 6.07) is 23.7. The van der Waals surface area contributed by atoms with Gasteiger partial charge in [0.25, 0.3) is 0 Å².